The average molecular weight is 251 g/mol. The quantitative estimate of drug-likeness (QED) is 0.862. The minimum Gasteiger partial charge on any atom is -0.310 e. The van der Waals surface area contributed by atoms with Gasteiger partial charge >= 0.3 is 0 Å². The summed E-state index contributed by atoms with van der Waals surface area (Å²) in [6.45, 7) is 7.21. The van der Waals surface area contributed by atoms with Crippen molar-refractivity contribution in [2.45, 2.75) is 39.8 Å². The van der Waals surface area contributed by atoms with E-state index in [9.17, 15) is 4.39 Å². The molecule has 0 radical (unpaired) electrons. The van der Waals surface area contributed by atoms with Crippen molar-refractivity contribution in [3.8, 4) is 0 Å². The molecule has 0 amide bonds. The molecule has 92 valence electrons. The normalized spacial score (nSPS) is 11.6. The summed E-state index contributed by atoms with van der Waals surface area (Å²) in [6, 6.07) is 5.81. The van der Waals surface area contributed by atoms with Crippen LogP contribution >= 0.6 is 11.3 Å². The van der Waals surface area contributed by atoms with E-state index in [1.165, 1.54) is 16.5 Å². The van der Waals surface area contributed by atoms with Crippen molar-refractivity contribution in [3.63, 3.8) is 0 Å². The van der Waals surface area contributed by atoms with Crippen molar-refractivity contribution in [2.75, 3.05) is 0 Å². The zero-order valence-electron chi connectivity index (χ0n) is 10.5. The lowest BCUT2D eigenvalue weighted by molar-refractivity contribution is 0.591. The topological polar surface area (TPSA) is 12.0 Å². The van der Waals surface area contributed by atoms with Gasteiger partial charge in [0, 0.05) is 17.5 Å². The van der Waals surface area contributed by atoms with Gasteiger partial charge in [0.15, 0.2) is 0 Å². The molecule has 0 aliphatic heterocycles. The monoisotopic (exact) mass is 251 g/mol. The Balaban J connectivity index is 2.44. The van der Waals surface area contributed by atoms with E-state index in [0.717, 1.165) is 23.1 Å². The predicted octanol–water partition coefficient (Wildman–Crippen LogP) is 4.10. The van der Waals surface area contributed by atoms with Gasteiger partial charge in [0.05, 0.1) is 4.70 Å². The number of nitrogens with one attached hydrogen (secondary N) is 1. The van der Waals surface area contributed by atoms with E-state index in [4.69, 9.17) is 0 Å². The molecule has 0 aliphatic carbocycles. The summed E-state index contributed by atoms with van der Waals surface area (Å²) in [4.78, 5) is 1.27. The largest absolute Gasteiger partial charge is 0.310 e. The van der Waals surface area contributed by atoms with Crippen molar-refractivity contribution in [3.05, 3.63) is 34.5 Å². The lowest BCUT2D eigenvalue weighted by atomic mass is 10.1. The maximum absolute atomic E-state index is 13.7. The Morgan fingerprint density at radius 1 is 1.35 bits per heavy atom. The smallest absolute Gasteiger partial charge is 0.141 e. The van der Waals surface area contributed by atoms with Crippen LogP contribution in [-0.2, 0) is 13.0 Å². The number of halogens is 1. The fraction of sp³-hybridized carbons (Fsp3) is 0.429. The van der Waals surface area contributed by atoms with E-state index < -0.39 is 0 Å². The van der Waals surface area contributed by atoms with E-state index in [2.05, 4.69) is 26.1 Å². The first-order valence-corrected chi connectivity index (χ1v) is 6.87. The van der Waals surface area contributed by atoms with Gasteiger partial charge in [0.1, 0.15) is 5.82 Å². The molecule has 2 rings (SSSR count). The third-order valence-electron chi connectivity index (χ3n) is 2.88. The number of rotatable bonds is 4. The zero-order chi connectivity index (χ0) is 12.4. The second-order valence-corrected chi connectivity index (χ2v) is 5.61. The number of benzene rings is 1. The molecule has 0 unspecified atom stereocenters. The highest BCUT2D eigenvalue weighted by atomic mass is 32.1. The number of hydrogen-bond donors (Lipinski definition) is 1. The standard InChI is InChI=1S/C14H18FNS/c1-4-10-11-6-5-7-12(15)14(11)17-13(10)8-16-9(2)3/h5-7,9,16H,4,8H2,1-3H3. The molecular weight excluding hydrogens is 233 g/mol. The summed E-state index contributed by atoms with van der Waals surface area (Å²) in [6.07, 6.45) is 0.957. The fourth-order valence-electron chi connectivity index (χ4n) is 2.01. The third-order valence-corrected chi connectivity index (χ3v) is 4.13. The number of aryl methyl sites for hydroxylation is 1. The highest BCUT2D eigenvalue weighted by Crippen LogP contribution is 2.33. The van der Waals surface area contributed by atoms with E-state index >= 15 is 0 Å². The van der Waals surface area contributed by atoms with E-state index in [0.29, 0.717) is 6.04 Å². The molecule has 0 bridgehead atoms. The first-order chi connectivity index (χ1) is 8.13. The summed E-state index contributed by atoms with van der Waals surface area (Å²) in [5.74, 6) is -0.0991. The van der Waals surface area contributed by atoms with Crippen LogP contribution in [0.25, 0.3) is 10.1 Å². The fourth-order valence-corrected chi connectivity index (χ4v) is 3.26. The minimum atomic E-state index is -0.0991. The van der Waals surface area contributed by atoms with E-state index in [1.54, 1.807) is 17.4 Å². The molecule has 1 aromatic heterocycles. The summed E-state index contributed by atoms with van der Waals surface area (Å²) in [5, 5.41) is 4.49. The Hall–Kier alpha value is -0.930. The molecule has 0 fully saturated rings. The molecule has 1 N–H and O–H groups in total. The third kappa shape index (κ3) is 2.50. The molecule has 1 aromatic carbocycles. The van der Waals surface area contributed by atoms with Crippen LogP contribution in [0, 0.1) is 5.82 Å². The second kappa shape index (κ2) is 5.15. The van der Waals surface area contributed by atoms with Gasteiger partial charge in [-0.05, 0) is 23.4 Å². The van der Waals surface area contributed by atoms with Gasteiger partial charge < -0.3 is 5.32 Å². The van der Waals surface area contributed by atoms with Crippen LogP contribution in [0.3, 0.4) is 0 Å². The first-order valence-electron chi connectivity index (χ1n) is 6.05. The number of fused-ring (bicyclic) bond motifs is 1. The molecule has 1 nitrogen and oxygen atoms in total. The lowest BCUT2D eigenvalue weighted by Gasteiger charge is -2.07. The van der Waals surface area contributed by atoms with Gasteiger partial charge in [-0.15, -0.1) is 11.3 Å². The molecule has 1 heterocycles. The highest BCUT2D eigenvalue weighted by molar-refractivity contribution is 7.19. The summed E-state index contributed by atoms with van der Waals surface area (Å²) in [5.41, 5.74) is 1.29. The zero-order valence-corrected chi connectivity index (χ0v) is 11.3. The van der Waals surface area contributed by atoms with Crippen molar-refractivity contribution < 1.29 is 4.39 Å². The lowest BCUT2D eigenvalue weighted by Crippen LogP contribution is -2.21. The highest BCUT2D eigenvalue weighted by Gasteiger charge is 2.13. The Labute approximate surface area is 106 Å². The molecule has 0 saturated heterocycles. The van der Waals surface area contributed by atoms with E-state index in [-0.39, 0.29) is 5.82 Å². The molecule has 3 heteroatoms. The predicted molar refractivity (Wildman–Crippen MR) is 73.1 cm³/mol. The molecular formula is C14H18FNS. The van der Waals surface area contributed by atoms with E-state index in [1.807, 2.05) is 6.07 Å². The van der Waals surface area contributed by atoms with Crippen LogP contribution in [0.5, 0.6) is 0 Å². The van der Waals surface area contributed by atoms with Crippen LogP contribution in [0.2, 0.25) is 0 Å². The Morgan fingerprint density at radius 2 is 2.12 bits per heavy atom. The van der Waals surface area contributed by atoms with Gasteiger partial charge in [0.2, 0.25) is 0 Å². The summed E-state index contributed by atoms with van der Waals surface area (Å²) < 4.78 is 14.5. The van der Waals surface area contributed by atoms with Gasteiger partial charge in [-0.25, -0.2) is 4.39 Å². The Bertz CT molecular complexity index is 516. The van der Waals surface area contributed by atoms with Gasteiger partial charge in [-0.3, -0.25) is 0 Å². The maximum Gasteiger partial charge on any atom is 0.141 e. The SMILES string of the molecule is CCc1c(CNC(C)C)sc2c(F)cccc12. The van der Waals surface area contributed by atoms with Crippen LogP contribution in [0.15, 0.2) is 18.2 Å². The Morgan fingerprint density at radius 3 is 2.76 bits per heavy atom. The van der Waals surface area contributed by atoms with Crippen molar-refractivity contribution in [1.29, 1.82) is 0 Å². The maximum atomic E-state index is 13.7. The summed E-state index contributed by atoms with van der Waals surface area (Å²) >= 11 is 1.58. The first kappa shape index (κ1) is 12.5. The number of hydrogen-bond acceptors (Lipinski definition) is 2. The van der Waals surface area contributed by atoms with Crippen molar-refractivity contribution in [2.24, 2.45) is 0 Å². The van der Waals surface area contributed by atoms with Crippen LogP contribution in [0.1, 0.15) is 31.2 Å². The van der Waals surface area contributed by atoms with Gasteiger partial charge in [-0.2, -0.15) is 0 Å². The van der Waals surface area contributed by atoms with Gasteiger partial charge in [0.25, 0.3) is 0 Å². The second-order valence-electron chi connectivity index (χ2n) is 4.51. The van der Waals surface area contributed by atoms with Gasteiger partial charge in [-0.1, -0.05) is 32.9 Å². The average Bonchev–Trinajstić information content (AvgIpc) is 2.65. The Kier molecular flexibility index (Phi) is 3.79. The summed E-state index contributed by atoms with van der Waals surface area (Å²) in [7, 11) is 0. The van der Waals surface area contributed by atoms with Crippen molar-refractivity contribution in [1.82, 2.24) is 5.32 Å². The molecule has 0 atom stereocenters. The van der Waals surface area contributed by atoms with Crippen LogP contribution in [-0.4, -0.2) is 6.04 Å². The molecule has 0 spiro atoms. The molecule has 17 heavy (non-hydrogen) atoms. The van der Waals surface area contributed by atoms with Crippen LogP contribution in [0.4, 0.5) is 4.39 Å². The molecule has 0 saturated carbocycles. The molecule has 0 aliphatic rings. The minimum absolute atomic E-state index is 0.0991. The number of thiophene rings is 1. The molecule has 2 aromatic rings. The van der Waals surface area contributed by atoms with Crippen molar-refractivity contribution >= 4 is 21.4 Å². The van der Waals surface area contributed by atoms with Crippen LogP contribution < -0.4 is 5.32 Å².